The second-order valence-electron chi connectivity index (χ2n) is 7.25. The van der Waals surface area contributed by atoms with Crippen LogP contribution in [0.2, 0.25) is 0 Å². The summed E-state index contributed by atoms with van der Waals surface area (Å²) >= 11 is 0. The number of piperidine rings is 1. The molecule has 0 aromatic heterocycles. The molecule has 1 aromatic rings. The van der Waals surface area contributed by atoms with E-state index in [1.165, 1.54) is 5.56 Å². The number of ether oxygens (including phenoxy) is 2. The number of methoxy groups -OCH3 is 1. The van der Waals surface area contributed by atoms with Crippen molar-refractivity contribution in [2.45, 2.75) is 45.2 Å². The maximum Gasteiger partial charge on any atom is 0.191 e. The number of benzene rings is 1. The highest BCUT2D eigenvalue weighted by Gasteiger charge is 2.19. The lowest BCUT2D eigenvalue weighted by molar-refractivity contribution is 0.0690. The van der Waals surface area contributed by atoms with Crippen LogP contribution < -0.4 is 10.6 Å². The summed E-state index contributed by atoms with van der Waals surface area (Å²) in [5, 5.41) is 7.00. The molecule has 1 fully saturated rings. The first-order valence-electron chi connectivity index (χ1n) is 10.7. The van der Waals surface area contributed by atoms with Gasteiger partial charge in [-0.25, -0.2) is 0 Å². The SMILES string of the molecule is CCNC(=NCCCCOCCOC)NC1CCN(Cc2ccccc2)CC1. The van der Waals surface area contributed by atoms with Crippen LogP contribution in [0.4, 0.5) is 0 Å². The Hall–Kier alpha value is -1.63. The fourth-order valence-electron chi connectivity index (χ4n) is 3.34. The fourth-order valence-corrected chi connectivity index (χ4v) is 3.34. The normalized spacial score (nSPS) is 16.3. The molecule has 158 valence electrons. The maximum absolute atomic E-state index is 5.49. The van der Waals surface area contributed by atoms with Gasteiger partial charge in [0.15, 0.2) is 5.96 Å². The van der Waals surface area contributed by atoms with Crippen molar-refractivity contribution in [1.82, 2.24) is 15.5 Å². The molecule has 1 heterocycles. The number of unbranched alkanes of at least 4 members (excludes halogenated alkanes) is 1. The van der Waals surface area contributed by atoms with E-state index < -0.39 is 0 Å². The summed E-state index contributed by atoms with van der Waals surface area (Å²) in [6, 6.07) is 11.2. The Labute approximate surface area is 170 Å². The van der Waals surface area contributed by atoms with Crippen LogP contribution in [0.3, 0.4) is 0 Å². The van der Waals surface area contributed by atoms with Crippen LogP contribution in [0.15, 0.2) is 35.3 Å². The lowest BCUT2D eigenvalue weighted by Gasteiger charge is -2.33. The molecule has 0 radical (unpaired) electrons. The van der Waals surface area contributed by atoms with E-state index in [4.69, 9.17) is 14.5 Å². The van der Waals surface area contributed by atoms with E-state index in [1.54, 1.807) is 7.11 Å². The third-order valence-electron chi connectivity index (χ3n) is 4.92. The number of nitrogens with one attached hydrogen (secondary N) is 2. The smallest absolute Gasteiger partial charge is 0.191 e. The molecule has 1 saturated heterocycles. The van der Waals surface area contributed by atoms with Gasteiger partial charge in [-0.1, -0.05) is 30.3 Å². The van der Waals surface area contributed by atoms with Crippen LogP contribution >= 0.6 is 0 Å². The average Bonchev–Trinajstić information content (AvgIpc) is 2.72. The Morgan fingerprint density at radius 2 is 1.89 bits per heavy atom. The fraction of sp³-hybridized carbons (Fsp3) is 0.682. The summed E-state index contributed by atoms with van der Waals surface area (Å²) in [5.74, 6) is 0.948. The Morgan fingerprint density at radius 3 is 2.61 bits per heavy atom. The quantitative estimate of drug-likeness (QED) is 0.326. The molecule has 0 unspecified atom stereocenters. The molecule has 2 N–H and O–H groups in total. The number of guanidine groups is 1. The second-order valence-corrected chi connectivity index (χ2v) is 7.25. The molecule has 28 heavy (non-hydrogen) atoms. The first-order chi connectivity index (χ1) is 13.8. The molecular formula is C22H38N4O2. The lowest BCUT2D eigenvalue weighted by Crippen LogP contribution is -2.48. The minimum absolute atomic E-state index is 0.502. The van der Waals surface area contributed by atoms with E-state index in [1.807, 2.05) is 0 Å². The van der Waals surface area contributed by atoms with Crippen molar-refractivity contribution in [2.24, 2.45) is 4.99 Å². The minimum atomic E-state index is 0.502. The third kappa shape index (κ3) is 9.53. The summed E-state index contributed by atoms with van der Waals surface area (Å²) in [5.41, 5.74) is 1.40. The predicted molar refractivity (Wildman–Crippen MR) is 116 cm³/mol. The number of aliphatic imine (C=N–C) groups is 1. The van der Waals surface area contributed by atoms with Gasteiger partial charge in [0.25, 0.3) is 0 Å². The van der Waals surface area contributed by atoms with Crippen molar-refractivity contribution in [1.29, 1.82) is 0 Å². The number of hydrogen-bond donors (Lipinski definition) is 2. The van der Waals surface area contributed by atoms with Gasteiger partial charge in [0.1, 0.15) is 0 Å². The van der Waals surface area contributed by atoms with Crippen LogP contribution in [0.25, 0.3) is 0 Å². The number of hydrogen-bond acceptors (Lipinski definition) is 4. The van der Waals surface area contributed by atoms with Gasteiger partial charge in [-0.2, -0.15) is 0 Å². The highest BCUT2D eigenvalue weighted by Crippen LogP contribution is 2.13. The summed E-state index contributed by atoms with van der Waals surface area (Å²) in [6.07, 6.45) is 4.39. The van der Waals surface area contributed by atoms with E-state index in [0.29, 0.717) is 19.3 Å². The molecule has 1 aliphatic heterocycles. The highest BCUT2D eigenvalue weighted by atomic mass is 16.5. The van der Waals surface area contributed by atoms with Gasteiger partial charge in [0, 0.05) is 52.5 Å². The van der Waals surface area contributed by atoms with E-state index in [2.05, 4.69) is 52.8 Å². The monoisotopic (exact) mass is 390 g/mol. The summed E-state index contributed by atoms with van der Waals surface area (Å²) in [6.45, 7) is 9.26. The molecule has 1 aromatic carbocycles. The average molecular weight is 391 g/mol. The van der Waals surface area contributed by atoms with Gasteiger partial charge in [0.05, 0.1) is 13.2 Å². The van der Waals surface area contributed by atoms with Crippen molar-refractivity contribution in [3.8, 4) is 0 Å². The van der Waals surface area contributed by atoms with Crippen molar-refractivity contribution in [3.05, 3.63) is 35.9 Å². The summed E-state index contributed by atoms with van der Waals surface area (Å²) in [7, 11) is 1.69. The number of nitrogens with zero attached hydrogens (tertiary/aromatic N) is 2. The van der Waals surface area contributed by atoms with Crippen molar-refractivity contribution >= 4 is 5.96 Å². The molecule has 0 saturated carbocycles. The van der Waals surface area contributed by atoms with Gasteiger partial charge in [-0.3, -0.25) is 9.89 Å². The Morgan fingerprint density at radius 1 is 1.11 bits per heavy atom. The first kappa shape index (κ1) is 22.7. The molecule has 0 aliphatic carbocycles. The van der Waals surface area contributed by atoms with Gasteiger partial charge >= 0.3 is 0 Å². The van der Waals surface area contributed by atoms with Crippen molar-refractivity contribution < 1.29 is 9.47 Å². The maximum atomic E-state index is 5.49. The lowest BCUT2D eigenvalue weighted by atomic mass is 10.0. The topological polar surface area (TPSA) is 58.1 Å². The van der Waals surface area contributed by atoms with Crippen LogP contribution in [0, 0.1) is 0 Å². The number of rotatable bonds is 12. The van der Waals surface area contributed by atoms with Gasteiger partial charge < -0.3 is 20.1 Å². The third-order valence-corrected chi connectivity index (χ3v) is 4.92. The van der Waals surface area contributed by atoms with Gasteiger partial charge in [0.2, 0.25) is 0 Å². The second kappa shape index (κ2) is 14.4. The van der Waals surface area contributed by atoms with Gasteiger partial charge in [-0.05, 0) is 38.2 Å². The molecule has 0 amide bonds. The first-order valence-corrected chi connectivity index (χ1v) is 10.7. The molecule has 2 rings (SSSR count). The van der Waals surface area contributed by atoms with Crippen LogP contribution in [0.5, 0.6) is 0 Å². The number of likely N-dealkylation sites (tertiary alicyclic amines) is 1. The standard InChI is InChI=1S/C22H38N4O2/c1-3-23-22(24-13-7-8-16-28-18-17-27-2)25-21-11-14-26(15-12-21)19-20-9-5-4-6-10-20/h4-6,9-10,21H,3,7-8,11-19H2,1-2H3,(H2,23,24,25). The molecule has 1 aliphatic rings. The zero-order chi connectivity index (χ0) is 19.9. The van der Waals surface area contributed by atoms with Crippen LogP contribution in [-0.2, 0) is 16.0 Å². The van der Waals surface area contributed by atoms with Crippen LogP contribution in [0.1, 0.15) is 38.2 Å². The molecule has 6 nitrogen and oxygen atoms in total. The zero-order valence-electron chi connectivity index (χ0n) is 17.7. The van der Waals surface area contributed by atoms with E-state index in [9.17, 15) is 0 Å². The molecule has 6 heteroatoms. The summed E-state index contributed by atoms with van der Waals surface area (Å²) in [4.78, 5) is 7.27. The molecule has 0 atom stereocenters. The molecule has 0 spiro atoms. The van der Waals surface area contributed by atoms with Gasteiger partial charge in [-0.15, -0.1) is 0 Å². The van der Waals surface area contributed by atoms with E-state index >= 15 is 0 Å². The van der Waals surface area contributed by atoms with E-state index in [-0.39, 0.29) is 0 Å². The summed E-state index contributed by atoms with van der Waals surface area (Å²) < 4.78 is 10.5. The van der Waals surface area contributed by atoms with Crippen LogP contribution in [-0.4, -0.2) is 70.0 Å². The zero-order valence-corrected chi connectivity index (χ0v) is 17.7. The minimum Gasteiger partial charge on any atom is -0.382 e. The van der Waals surface area contributed by atoms with Crippen molar-refractivity contribution in [3.63, 3.8) is 0 Å². The van der Waals surface area contributed by atoms with E-state index in [0.717, 1.165) is 71.0 Å². The molecular weight excluding hydrogens is 352 g/mol. The Bertz CT molecular complexity index is 531. The highest BCUT2D eigenvalue weighted by molar-refractivity contribution is 5.80. The van der Waals surface area contributed by atoms with Crippen molar-refractivity contribution in [2.75, 3.05) is 53.1 Å². The Balaban J connectivity index is 1.63. The Kier molecular flexibility index (Phi) is 11.6. The largest absolute Gasteiger partial charge is 0.382 e. The predicted octanol–water partition coefficient (Wildman–Crippen LogP) is 2.65. The molecule has 0 bridgehead atoms.